The highest BCUT2D eigenvalue weighted by molar-refractivity contribution is 5.94. The predicted octanol–water partition coefficient (Wildman–Crippen LogP) is 2.43. The third kappa shape index (κ3) is 4.67. The quantitative estimate of drug-likeness (QED) is 0.758. The number of hydrogen-bond donors (Lipinski definition) is 0. The molecule has 1 aromatic carbocycles. The van der Waals surface area contributed by atoms with Gasteiger partial charge in [0.2, 0.25) is 0 Å². The Morgan fingerprint density at radius 2 is 1.80 bits per heavy atom. The third-order valence-electron chi connectivity index (χ3n) is 5.85. The molecule has 0 radical (unpaired) electrons. The maximum atomic E-state index is 12.8. The van der Waals surface area contributed by atoms with E-state index >= 15 is 0 Å². The molecule has 1 aromatic heterocycles. The van der Waals surface area contributed by atoms with Crippen molar-refractivity contribution in [1.82, 2.24) is 14.4 Å². The van der Waals surface area contributed by atoms with Crippen LogP contribution in [0.3, 0.4) is 0 Å². The normalized spacial score (nSPS) is 19.6. The Morgan fingerprint density at radius 1 is 1.03 bits per heavy atom. The van der Waals surface area contributed by atoms with Crippen molar-refractivity contribution >= 4 is 11.8 Å². The Bertz CT molecular complexity index is 871. The summed E-state index contributed by atoms with van der Waals surface area (Å²) in [6.07, 6.45) is 3.92. The number of amides is 2. The zero-order valence-corrected chi connectivity index (χ0v) is 17.5. The smallest absolute Gasteiger partial charge is 0.270 e. The minimum atomic E-state index is 0.0342. The molecule has 0 spiro atoms. The van der Waals surface area contributed by atoms with Crippen LogP contribution in [0.1, 0.15) is 33.7 Å². The summed E-state index contributed by atoms with van der Waals surface area (Å²) in [6, 6.07) is 11.1. The van der Waals surface area contributed by atoms with Gasteiger partial charge in [0.25, 0.3) is 11.8 Å². The third-order valence-corrected chi connectivity index (χ3v) is 5.85. The minimum Gasteiger partial charge on any atom is -0.493 e. The van der Waals surface area contributed by atoms with Crippen LogP contribution in [0.25, 0.3) is 0 Å². The SMILES string of the molecule is Cn1cccc1C(=O)N1CCCC(COc2ccc(C(=O)N3CCOCC3)cc2)C1. The van der Waals surface area contributed by atoms with Crippen LogP contribution in [-0.4, -0.2) is 72.2 Å². The number of carbonyl (C=O) groups is 2. The molecule has 160 valence electrons. The van der Waals surface area contributed by atoms with E-state index in [-0.39, 0.29) is 11.8 Å². The summed E-state index contributed by atoms with van der Waals surface area (Å²) in [5, 5.41) is 0. The number of benzene rings is 1. The van der Waals surface area contributed by atoms with Gasteiger partial charge in [-0.15, -0.1) is 0 Å². The molecule has 0 saturated carbocycles. The van der Waals surface area contributed by atoms with Crippen molar-refractivity contribution < 1.29 is 19.1 Å². The van der Waals surface area contributed by atoms with Crippen LogP contribution in [0.5, 0.6) is 5.75 Å². The molecule has 7 heteroatoms. The maximum absolute atomic E-state index is 12.8. The number of morpholine rings is 1. The van der Waals surface area contributed by atoms with Gasteiger partial charge in [-0.05, 0) is 49.2 Å². The average molecular weight is 412 g/mol. The van der Waals surface area contributed by atoms with Crippen LogP contribution in [0, 0.1) is 5.92 Å². The molecule has 1 atom stereocenters. The first-order valence-electron chi connectivity index (χ1n) is 10.6. The lowest BCUT2D eigenvalue weighted by atomic mass is 9.98. The van der Waals surface area contributed by atoms with E-state index in [0.717, 1.165) is 30.8 Å². The lowest BCUT2D eigenvalue weighted by Crippen LogP contribution is -2.42. The molecule has 0 bridgehead atoms. The summed E-state index contributed by atoms with van der Waals surface area (Å²) in [4.78, 5) is 29.0. The second kappa shape index (κ2) is 9.34. The molecule has 4 rings (SSSR count). The first kappa shape index (κ1) is 20.5. The summed E-state index contributed by atoms with van der Waals surface area (Å²) in [5.74, 6) is 1.17. The molecule has 7 nitrogen and oxygen atoms in total. The number of aromatic nitrogens is 1. The predicted molar refractivity (Wildman–Crippen MR) is 113 cm³/mol. The lowest BCUT2D eigenvalue weighted by Gasteiger charge is -2.32. The van der Waals surface area contributed by atoms with E-state index in [1.54, 1.807) is 0 Å². The van der Waals surface area contributed by atoms with Crippen LogP contribution < -0.4 is 4.74 Å². The largest absolute Gasteiger partial charge is 0.493 e. The summed E-state index contributed by atoms with van der Waals surface area (Å²) < 4.78 is 13.1. The standard InChI is InChI=1S/C23H29N3O4/c1-24-10-3-5-21(24)23(28)26-11-2-4-18(16-26)17-30-20-8-6-19(7-9-20)22(27)25-12-14-29-15-13-25/h3,5-10,18H,2,4,11-17H2,1H3. The van der Waals surface area contributed by atoms with Gasteiger partial charge in [-0.1, -0.05) is 0 Å². The van der Waals surface area contributed by atoms with Crippen LogP contribution in [0.15, 0.2) is 42.6 Å². The number of ether oxygens (including phenoxy) is 2. The van der Waals surface area contributed by atoms with Crippen molar-refractivity contribution in [1.29, 1.82) is 0 Å². The highest BCUT2D eigenvalue weighted by Gasteiger charge is 2.26. The van der Waals surface area contributed by atoms with Crippen molar-refractivity contribution in [3.8, 4) is 5.75 Å². The highest BCUT2D eigenvalue weighted by Crippen LogP contribution is 2.21. The van der Waals surface area contributed by atoms with Gasteiger partial charge in [-0.3, -0.25) is 9.59 Å². The van der Waals surface area contributed by atoms with Gasteiger partial charge >= 0.3 is 0 Å². The first-order valence-corrected chi connectivity index (χ1v) is 10.6. The Hall–Kier alpha value is -2.80. The Morgan fingerprint density at radius 3 is 2.50 bits per heavy atom. The summed E-state index contributed by atoms with van der Waals surface area (Å²) in [6.45, 7) is 4.52. The van der Waals surface area contributed by atoms with E-state index in [4.69, 9.17) is 9.47 Å². The molecule has 2 aliphatic rings. The van der Waals surface area contributed by atoms with E-state index in [1.807, 2.05) is 64.0 Å². The Balaban J connectivity index is 1.29. The van der Waals surface area contributed by atoms with Crippen molar-refractivity contribution in [2.24, 2.45) is 13.0 Å². The van der Waals surface area contributed by atoms with E-state index in [0.29, 0.717) is 50.9 Å². The number of piperidine rings is 1. The van der Waals surface area contributed by atoms with Crippen molar-refractivity contribution in [2.75, 3.05) is 46.0 Å². The molecule has 1 unspecified atom stereocenters. The molecule has 30 heavy (non-hydrogen) atoms. The van der Waals surface area contributed by atoms with E-state index in [2.05, 4.69) is 0 Å². The van der Waals surface area contributed by atoms with Crippen LogP contribution in [0.2, 0.25) is 0 Å². The van der Waals surface area contributed by atoms with Gasteiger partial charge in [-0.2, -0.15) is 0 Å². The maximum Gasteiger partial charge on any atom is 0.270 e. The molecule has 3 heterocycles. The van der Waals surface area contributed by atoms with Crippen molar-refractivity contribution in [3.63, 3.8) is 0 Å². The van der Waals surface area contributed by atoms with Crippen LogP contribution in [0.4, 0.5) is 0 Å². The summed E-state index contributed by atoms with van der Waals surface area (Å²) >= 11 is 0. The summed E-state index contributed by atoms with van der Waals surface area (Å²) in [7, 11) is 1.89. The van der Waals surface area contributed by atoms with Gasteiger partial charge in [-0.25, -0.2) is 0 Å². The first-order chi connectivity index (χ1) is 14.6. The molecule has 2 fully saturated rings. The van der Waals surface area contributed by atoms with Gasteiger partial charge in [0.15, 0.2) is 0 Å². The molecule has 2 aliphatic heterocycles. The molecule has 0 aliphatic carbocycles. The lowest BCUT2D eigenvalue weighted by molar-refractivity contribution is 0.0303. The molecule has 2 amide bonds. The fraction of sp³-hybridized carbons (Fsp3) is 0.478. The zero-order chi connectivity index (χ0) is 20.9. The Kier molecular flexibility index (Phi) is 6.38. The molecule has 0 N–H and O–H groups in total. The number of aryl methyl sites for hydroxylation is 1. The van der Waals surface area contributed by atoms with E-state index in [9.17, 15) is 9.59 Å². The van der Waals surface area contributed by atoms with E-state index < -0.39 is 0 Å². The number of hydrogen-bond acceptors (Lipinski definition) is 4. The molecular weight excluding hydrogens is 382 g/mol. The second-order valence-corrected chi connectivity index (χ2v) is 8.00. The Labute approximate surface area is 177 Å². The number of likely N-dealkylation sites (tertiary alicyclic amines) is 1. The van der Waals surface area contributed by atoms with Gasteiger partial charge < -0.3 is 23.8 Å². The highest BCUT2D eigenvalue weighted by atomic mass is 16.5. The molecule has 2 aromatic rings. The fourth-order valence-electron chi connectivity index (χ4n) is 4.09. The zero-order valence-electron chi connectivity index (χ0n) is 17.5. The van der Waals surface area contributed by atoms with Crippen LogP contribution in [-0.2, 0) is 11.8 Å². The minimum absolute atomic E-state index is 0.0342. The number of carbonyl (C=O) groups excluding carboxylic acids is 2. The number of nitrogens with zero attached hydrogens (tertiary/aromatic N) is 3. The molecule has 2 saturated heterocycles. The fourth-order valence-corrected chi connectivity index (χ4v) is 4.09. The van der Waals surface area contributed by atoms with Gasteiger partial charge in [0.05, 0.1) is 19.8 Å². The number of rotatable bonds is 5. The second-order valence-electron chi connectivity index (χ2n) is 8.00. The topological polar surface area (TPSA) is 64.0 Å². The monoisotopic (exact) mass is 411 g/mol. The molecular formula is C23H29N3O4. The van der Waals surface area contributed by atoms with Crippen molar-refractivity contribution in [3.05, 3.63) is 53.9 Å². The van der Waals surface area contributed by atoms with Crippen molar-refractivity contribution in [2.45, 2.75) is 12.8 Å². The average Bonchev–Trinajstić information content (AvgIpc) is 3.23. The van der Waals surface area contributed by atoms with Gasteiger partial charge in [0.1, 0.15) is 11.4 Å². The van der Waals surface area contributed by atoms with Crippen LogP contribution >= 0.6 is 0 Å². The van der Waals surface area contributed by atoms with E-state index in [1.165, 1.54) is 0 Å². The van der Waals surface area contributed by atoms with Gasteiger partial charge in [0, 0.05) is 50.9 Å². The summed E-state index contributed by atoms with van der Waals surface area (Å²) in [5.41, 5.74) is 1.39.